The molecule has 0 spiro atoms. The van der Waals surface area contributed by atoms with E-state index in [2.05, 4.69) is 10.6 Å². The molecule has 2 rings (SSSR count). The first-order chi connectivity index (χ1) is 13.3. The van der Waals surface area contributed by atoms with Gasteiger partial charge in [0.25, 0.3) is 5.91 Å². The fourth-order valence-electron chi connectivity index (χ4n) is 2.47. The van der Waals surface area contributed by atoms with E-state index in [-0.39, 0.29) is 30.8 Å². The van der Waals surface area contributed by atoms with E-state index in [1.165, 1.54) is 11.9 Å². The Balaban J connectivity index is 1.84. The van der Waals surface area contributed by atoms with Gasteiger partial charge in [0.2, 0.25) is 11.8 Å². The lowest BCUT2D eigenvalue weighted by atomic mass is 10.1. The second-order valence-electron chi connectivity index (χ2n) is 6.34. The number of para-hydroxylation sites is 1. The van der Waals surface area contributed by atoms with Crippen LogP contribution in [-0.2, 0) is 9.59 Å². The molecule has 6 nitrogen and oxygen atoms in total. The fraction of sp³-hybridized carbons (Fsp3) is 0.250. The monoisotopic (exact) mass is 421 g/mol. The van der Waals surface area contributed by atoms with Crippen molar-refractivity contribution >= 4 is 46.6 Å². The quantitative estimate of drug-likeness (QED) is 0.716. The zero-order chi connectivity index (χ0) is 20.7. The first-order valence-corrected chi connectivity index (χ1v) is 9.37. The van der Waals surface area contributed by atoms with Crippen molar-refractivity contribution in [2.45, 2.75) is 19.4 Å². The lowest BCUT2D eigenvalue weighted by Crippen LogP contribution is -2.40. The predicted molar refractivity (Wildman–Crippen MR) is 111 cm³/mol. The van der Waals surface area contributed by atoms with E-state index in [4.69, 9.17) is 23.2 Å². The Morgan fingerprint density at radius 3 is 2.21 bits per heavy atom. The summed E-state index contributed by atoms with van der Waals surface area (Å²) in [5, 5.41) is 6.00. The number of likely N-dealkylation sites (N-methyl/N-ethyl adjacent to an activating group) is 1. The highest BCUT2D eigenvalue weighted by Crippen LogP contribution is 2.29. The molecule has 0 aliphatic heterocycles. The molecule has 0 bridgehead atoms. The molecule has 2 N–H and O–H groups in total. The smallest absolute Gasteiger partial charge is 0.251 e. The van der Waals surface area contributed by atoms with Crippen molar-refractivity contribution in [2.24, 2.45) is 0 Å². The van der Waals surface area contributed by atoms with Gasteiger partial charge in [-0.05, 0) is 31.2 Å². The second-order valence-corrected chi connectivity index (χ2v) is 7.15. The summed E-state index contributed by atoms with van der Waals surface area (Å²) >= 11 is 12.0. The highest BCUT2D eigenvalue weighted by molar-refractivity contribution is 6.39. The Kier molecular flexibility index (Phi) is 7.84. The molecule has 1 atom stereocenters. The first kappa shape index (κ1) is 21.7. The maximum atomic E-state index is 12.3. The normalized spacial score (nSPS) is 11.4. The number of benzene rings is 2. The summed E-state index contributed by atoms with van der Waals surface area (Å²) in [4.78, 5) is 37.9. The van der Waals surface area contributed by atoms with Gasteiger partial charge in [-0.1, -0.05) is 47.5 Å². The second kappa shape index (κ2) is 10.1. The van der Waals surface area contributed by atoms with Crippen LogP contribution in [0.1, 0.15) is 23.7 Å². The van der Waals surface area contributed by atoms with E-state index in [1.807, 2.05) is 6.07 Å². The van der Waals surface area contributed by atoms with E-state index in [9.17, 15) is 14.4 Å². The molecule has 0 saturated heterocycles. The molecule has 8 heteroatoms. The van der Waals surface area contributed by atoms with Gasteiger partial charge in [-0.25, -0.2) is 0 Å². The number of halogens is 2. The third kappa shape index (κ3) is 6.25. The van der Waals surface area contributed by atoms with E-state index in [0.717, 1.165) is 0 Å². The number of nitrogens with one attached hydrogen (secondary N) is 2. The Morgan fingerprint density at radius 1 is 1.00 bits per heavy atom. The Bertz CT molecular complexity index is 839. The molecular formula is C20H21Cl2N3O3. The van der Waals surface area contributed by atoms with Gasteiger partial charge in [-0.3, -0.25) is 14.4 Å². The van der Waals surface area contributed by atoms with Crippen molar-refractivity contribution in [1.29, 1.82) is 0 Å². The molecule has 0 fully saturated rings. The number of hydrogen-bond acceptors (Lipinski definition) is 3. The summed E-state index contributed by atoms with van der Waals surface area (Å²) in [6.45, 7) is 1.57. The average Bonchev–Trinajstić information content (AvgIpc) is 2.65. The molecule has 148 valence electrons. The van der Waals surface area contributed by atoms with Gasteiger partial charge in [0.15, 0.2) is 0 Å². The Labute approximate surface area is 173 Å². The van der Waals surface area contributed by atoms with Crippen molar-refractivity contribution in [3.8, 4) is 0 Å². The molecular weight excluding hydrogens is 401 g/mol. The van der Waals surface area contributed by atoms with Gasteiger partial charge >= 0.3 is 0 Å². The Morgan fingerprint density at radius 2 is 1.61 bits per heavy atom. The lowest BCUT2D eigenvalue weighted by molar-refractivity contribution is -0.133. The number of hydrogen-bond donors (Lipinski definition) is 2. The highest BCUT2D eigenvalue weighted by atomic mass is 35.5. The number of rotatable bonds is 7. The maximum Gasteiger partial charge on any atom is 0.251 e. The molecule has 0 saturated carbocycles. The molecule has 0 unspecified atom stereocenters. The van der Waals surface area contributed by atoms with Gasteiger partial charge in [-0.2, -0.15) is 0 Å². The van der Waals surface area contributed by atoms with Gasteiger partial charge in [0, 0.05) is 25.1 Å². The van der Waals surface area contributed by atoms with E-state index in [0.29, 0.717) is 21.3 Å². The van der Waals surface area contributed by atoms with Gasteiger partial charge in [-0.15, -0.1) is 0 Å². The van der Waals surface area contributed by atoms with Crippen LogP contribution in [0.2, 0.25) is 10.0 Å². The zero-order valence-corrected chi connectivity index (χ0v) is 17.1. The van der Waals surface area contributed by atoms with Crippen LogP contribution in [0.15, 0.2) is 48.5 Å². The van der Waals surface area contributed by atoms with Gasteiger partial charge < -0.3 is 15.5 Å². The van der Waals surface area contributed by atoms with E-state index >= 15 is 0 Å². The minimum absolute atomic E-state index is 0.0647. The van der Waals surface area contributed by atoms with Crippen LogP contribution in [-0.4, -0.2) is 42.3 Å². The molecule has 2 aromatic carbocycles. The van der Waals surface area contributed by atoms with Crippen molar-refractivity contribution in [2.75, 3.05) is 18.9 Å². The first-order valence-electron chi connectivity index (χ1n) is 8.61. The summed E-state index contributed by atoms with van der Waals surface area (Å²) < 4.78 is 0. The topological polar surface area (TPSA) is 78.5 Å². The number of anilines is 1. The molecule has 3 amide bonds. The van der Waals surface area contributed by atoms with Crippen LogP contribution in [0.5, 0.6) is 0 Å². The molecule has 0 aliphatic rings. The molecule has 28 heavy (non-hydrogen) atoms. The summed E-state index contributed by atoms with van der Waals surface area (Å²) in [6.07, 6.45) is 0.0647. The predicted octanol–water partition coefficient (Wildman–Crippen LogP) is 3.60. The number of carbonyl (C=O) groups excluding carboxylic acids is 3. The molecule has 0 aliphatic carbocycles. The summed E-state index contributed by atoms with van der Waals surface area (Å²) in [6, 6.07) is 13.2. The summed E-state index contributed by atoms with van der Waals surface area (Å²) in [5.74, 6) is -0.956. The maximum absolute atomic E-state index is 12.3. The van der Waals surface area contributed by atoms with Crippen LogP contribution in [0.4, 0.5) is 5.69 Å². The van der Waals surface area contributed by atoms with E-state index in [1.54, 1.807) is 49.4 Å². The third-order valence-corrected chi connectivity index (χ3v) is 4.56. The summed E-state index contributed by atoms with van der Waals surface area (Å²) in [5.41, 5.74) is 0.825. The summed E-state index contributed by atoms with van der Waals surface area (Å²) in [7, 11) is 1.52. The van der Waals surface area contributed by atoms with Crippen molar-refractivity contribution in [3.63, 3.8) is 0 Å². The Hall–Kier alpha value is -2.57. The van der Waals surface area contributed by atoms with Gasteiger partial charge in [0.05, 0.1) is 22.3 Å². The third-order valence-electron chi connectivity index (χ3n) is 3.93. The number of amides is 3. The van der Waals surface area contributed by atoms with Crippen LogP contribution < -0.4 is 10.6 Å². The zero-order valence-electron chi connectivity index (χ0n) is 15.5. The van der Waals surface area contributed by atoms with Crippen LogP contribution in [0.25, 0.3) is 0 Å². The standard InChI is InChI=1S/C20H21Cl2N3O3/c1-13(23-20(28)14-7-4-3-5-8-14)11-18(27)25(2)12-17(26)24-19-15(21)9-6-10-16(19)22/h3-10,13H,11-12H2,1-2H3,(H,23,28)(H,24,26)/t13-/m1/s1. The van der Waals surface area contributed by atoms with E-state index < -0.39 is 5.91 Å². The lowest BCUT2D eigenvalue weighted by Gasteiger charge is -2.20. The number of carbonyl (C=O) groups is 3. The molecule has 0 radical (unpaired) electrons. The average molecular weight is 422 g/mol. The highest BCUT2D eigenvalue weighted by Gasteiger charge is 2.19. The van der Waals surface area contributed by atoms with Crippen LogP contribution >= 0.6 is 23.2 Å². The molecule has 0 aromatic heterocycles. The fourth-order valence-corrected chi connectivity index (χ4v) is 2.96. The van der Waals surface area contributed by atoms with Crippen LogP contribution in [0, 0.1) is 0 Å². The number of nitrogens with zero attached hydrogens (tertiary/aromatic N) is 1. The minimum atomic E-state index is -0.424. The van der Waals surface area contributed by atoms with Crippen molar-refractivity contribution < 1.29 is 14.4 Å². The molecule has 0 heterocycles. The van der Waals surface area contributed by atoms with Crippen LogP contribution in [0.3, 0.4) is 0 Å². The minimum Gasteiger partial charge on any atom is -0.349 e. The van der Waals surface area contributed by atoms with Gasteiger partial charge in [0.1, 0.15) is 0 Å². The van der Waals surface area contributed by atoms with Crippen molar-refractivity contribution in [1.82, 2.24) is 10.2 Å². The molecule has 2 aromatic rings. The van der Waals surface area contributed by atoms with Crippen molar-refractivity contribution in [3.05, 3.63) is 64.1 Å². The SMILES string of the molecule is C[C@H](CC(=O)N(C)CC(=O)Nc1c(Cl)cccc1Cl)NC(=O)c1ccccc1. The largest absolute Gasteiger partial charge is 0.349 e.